The minimum Gasteiger partial charge on any atom is -0.328 e. The first-order valence-corrected chi connectivity index (χ1v) is 7.00. The monoisotopic (exact) mass is 260 g/mol. The molecule has 2 amide bonds. The zero-order valence-electron chi connectivity index (χ0n) is 11.0. The second kappa shape index (κ2) is 5.57. The molecule has 2 atom stereocenters. The summed E-state index contributed by atoms with van der Waals surface area (Å²) in [6.07, 6.45) is 4.20. The summed E-state index contributed by atoms with van der Waals surface area (Å²) in [5, 5.41) is 6.41. The lowest BCUT2D eigenvalue weighted by molar-refractivity contribution is 0.202. The lowest BCUT2D eigenvalue weighted by Gasteiger charge is -2.26. The number of rotatable bonds is 3. The number of nitrogens with zero attached hydrogens (tertiary/aromatic N) is 2. The number of hydrogen-bond acceptors (Lipinski definition) is 3. The van der Waals surface area contributed by atoms with Gasteiger partial charge in [-0.05, 0) is 44.0 Å². The molecule has 5 heteroatoms. The van der Waals surface area contributed by atoms with Gasteiger partial charge < -0.3 is 15.5 Å². The summed E-state index contributed by atoms with van der Waals surface area (Å²) < 4.78 is 0. The number of urea groups is 1. The minimum absolute atomic E-state index is 0.0326. The lowest BCUT2D eigenvalue weighted by atomic mass is 9.99. The van der Waals surface area contributed by atoms with E-state index in [0.717, 1.165) is 31.9 Å². The fourth-order valence-corrected chi connectivity index (χ4v) is 2.89. The van der Waals surface area contributed by atoms with Gasteiger partial charge in [-0.2, -0.15) is 0 Å². The summed E-state index contributed by atoms with van der Waals surface area (Å²) in [5.74, 6) is 0.585. The van der Waals surface area contributed by atoms with Crippen LogP contribution in [0.3, 0.4) is 0 Å². The van der Waals surface area contributed by atoms with Crippen molar-refractivity contribution >= 4 is 6.03 Å². The average molecular weight is 260 g/mol. The Morgan fingerprint density at radius 1 is 1.42 bits per heavy atom. The van der Waals surface area contributed by atoms with Crippen LogP contribution in [0.4, 0.5) is 4.79 Å². The largest absolute Gasteiger partial charge is 0.328 e. The van der Waals surface area contributed by atoms with Crippen LogP contribution in [0.5, 0.6) is 0 Å². The van der Waals surface area contributed by atoms with Crippen molar-refractivity contribution in [2.24, 2.45) is 5.92 Å². The molecule has 1 aromatic heterocycles. The van der Waals surface area contributed by atoms with Crippen molar-refractivity contribution < 1.29 is 4.79 Å². The number of carbonyl (C=O) groups is 1. The van der Waals surface area contributed by atoms with Gasteiger partial charge in [-0.15, -0.1) is 0 Å². The van der Waals surface area contributed by atoms with Crippen molar-refractivity contribution in [2.45, 2.75) is 18.9 Å². The SMILES string of the molecule is O=C1NC(c2ccccn2)CN1CC1CCCNC1. The van der Waals surface area contributed by atoms with E-state index in [4.69, 9.17) is 0 Å². The summed E-state index contributed by atoms with van der Waals surface area (Å²) >= 11 is 0. The zero-order valence-corrected chi connectivity index (χ0v) is 11.0. The third kappa shape index (κ3) is 2.87. The van der Waals surface area contributed by atoms with E-state index in [1.165, 1.54) is 12.8 Å². The Morgan fingerprint density at radius 3 is 3.11 bits per heavy atom. The summed E-state index contributed by atoms with van der Waals surface area (Å²) in [6.45, 7) is 3.71. The lowest BCUT2D eigenvalue weighted by Crippen LogP contribution is -2.39. The normalized spacial score (nSPS) is 27.4. The van der Waals surface area contributed by atoms with Crippen molar-refractivity contribution in [1.29, 1.82) is 0 Å². The van der Waals surface area contributed by atoms with Gasteiger partial charge in [0.25, 0.3) is 0 Å². The molecule has 2 unspecified atom stereocenters. The molecule has 0 bridgehead atoms. The maximum absolute atomic E-state index is 12.0. The fourth-order valence-electron chi connectivity index (χ4n) is 2.89. The topological polar surface area (TPSA) is 57.3 Å². The fraction of sp³-hybridized carbons (Fsp3) is 0.571. The second-order valence-electron chi connectivity index (χ2n) is 5.37. The number of aromatic nitrogens is 1. The van der Waals surface area contributed by atoms with Crippen LogP contribution >= 0.6 is 0 Å². The molecule has 0 aromatic carbocycles. The molecule has 0 saturated carbocycles. The molecular formula is C14H20N4O. The van der Waals surface area contributed by atoms with Crippen LogP contribution in [0, 0.1) is 5.92 Å². The number of amides is 2. The highest BCUT2D eigenvalue weighted by Crippen LogP contribution is 2.20. The Bertz CT molecular complexity index is 430. The summed E-state index contributed by atoms with van der Waals surface area (Å²) in [6, 6.07) is 5.90. The Morgan fingerprint density at radius 2 is 2.37 bits per heavy atom. The van der Waals surface area contributed by atoms with Gasteiger partial charge >= 0.3 is 6.03 Å². The van der Waals surface area contributed by atoms with Crippen molar-refractivity contribution in [3.05, 3.63) is 30.1 Å². The van der Waals surface area contributed by atoms with Gasteiger partial charge in [-0.25, -0.2) is 4.79 Å². The summed E-state index contributed by atoms with van der Waals surface area (Å²) in [5.41, 5.74) is 0.945. The highest BCUT2D eigenvalue weighted by Gasteiger charge is 2.32. The van der Waals surface area contributed by atoms with Gasteiger partial charge in [0, 0.05) is 19.3 Å². The van der Waals surface area contributed by atoms with E-state index in [2.05, 4.69) is 15.6 Å². The molecule has 2 aliphatic heterocycles. The Labute approximate surface area is 113 Å². The number of piperidine rings is 1. The predicted molar refractivity (Wildman–Crippen MR) is 72.7 cm³/mol. The average Bonchev–Trinajstić information content (AvgIpc) is 2.82. The summed E-state index contributed by atoms with van der Waals surface area (Å²) in [7, 11) is 0. The predicted octanol–water partition coefficient (Wildman–Crippen LogP) is 1.15. The number of nitrogens with one attached hydrogen (secondary N) is 2. The van der Waals surface area contributed by atoms with Gasteiger partial charge in [0.1, 0.15) is 0 Å². The van der Waals surface area contributed by atoms with Crippen LogP contribution in [-0.2, 0) is 0 Å². The molecule has 0 aliphatic carbocycles. The Kier molecular flexibility index (Phi) is 3.64. The van der Waals surface area contributed by atoms with Crippen LogP contribution < -0.4 is 10.6 Å². The van der Waals surface area contributed by atoms with Gasteiger partial charge in [0.05, 0.1) is 11.7 Å². The molecule has 19 heavy (non-hydrogen) atoms. The smallest absolute Gasteiger partial charge is 0.318 e. The molecule has 2 saturated heterocycles. The molecule has 5 nitrogen and oxygen atoms in total. The molecule has 2 N–H and O–H groups in total. The molecular weight excluding hydrogens is 240 g/mol. The first-order valence-electron chi connectivity index (χ1n) is 7.00. The summed E-state index contributed by atoms with van der Waals surface area (Å²) in [4.78, 5) is 18.2. The number of hydrogen-bond donors (Lipinski definition) is 2. The van der Waals surface area contributed by atoms with Crippen molar-refractivity contribution in [3.8, 4) is 0 Å². The van der Waals surface area contributed by atoms with E-state index in [1.807, 2.05) is 23.1 Å². The quantitative estimate of drug-likeness (QED) is 0.857. The van der Waals surface area contributed by atoms with E-state index in [1.54, 1.807) is 6.20 Å². The second-order valence-corrected chi connectivity index (χ2v) is 5.37. The van der Waals surface area contributed by atoms with Crippen LogP contribution in [0.1, 0.15) is 24.6 Å². The third-order valence-corrected chi connectivity index (χ3v) is 3.91. The van der Waals surface area contributed by atoms with Gasteiger partial charge in [0.15, 0.2) is 0 Å². The van der Waals surface area contributed by atoms with Crippen molar-refractivity contribution in [2.75, 3.05) is 26.2 Å². The van der Waals surface area contributed by atoms with Crippen LogP contribution in [-0.4, -0.2) is 42.1 Å². The molecule has 3 heterocycles. The third-order valence-electron chi connectivity index (χ3n) is 3.91. The van der Waals surface area contributed by atoms with Gasteiger partial charge in [-0.1, -0.05) is 6.07 Å². The first-order chi connectivity index (χ1) is 9.33. The van der Waals surface area contributed by atoms with E-state index in [0.29, 0.717) is 5.92 Å². The Balaban J connectivity index is 1.60. The first kappa shape index (κ1) is 12.4. The van der Waals surface area contributed by atoms with E-state index in [9.17, 15) is 4.79 Å². The highest BCUT2D eigenvalue weighted by atomic mass is 16.2. The number of pyridine rings is 1. The van der Waals surface area contributed by atoms with Gasteiger partial charge in [0.2, 0.25) is 0 Å². The molecule has 102 valence electrons. The van der Waals surface area contributed by atoms with Crippen LogP contribution in [0.25, 0.3) is 0 Å². The molecule has 2 aliphatic rings. The van der Waals surface area contributed by atoms with Crippen LogP contribution in [0.2, 0.25) is 0 Å². The molecule has 3 rings (SSSR count). The molecule has 0 radical (unpaired) electrons. The van der Waals surface area contributed by atoms with Gasteiger partial charge in [-0.3, -0.25) is 4.98 Å². The minimum atomic E-state index is 0.0326. The van der Waals surface area contributed by atoms with Crippen molar-refractivity contribution in [3.63, 3.8) is 0 Å². The zero-order chi connectivity index (χ0) is 13.1. The molecule has 2 fully saturated rings. The van der Waals surface area contributed by atoms with E-state index >= 15 is 0 Å². The van der Waals surface area contributed by atoms with E-state index in [-0.39, 0.29) is 12.1 Å². The maximum atomic E-state index is 12.0. The van der Waals surface area contributed by atoms with Crippen LogP contribution in [0.15, 0.2) is 24.4 Å². The van der Waals surface area contributed by atoms with Crippen molar-refractivity contribution in [1.82, 2.24) is 20.5 Å². The maximum Gasteiger partial charge on any atom is 0.318 e. The van der Waals surface area contributed by atoms with E-state index < -0.39 is 0 Å². The highest BCUT2D eigenvalue weighted by molar-refractivity contribution is 5.77. The Hall–Kier alpha value is -1.62. The molecule has 1 aromatic rings. The standard InChI is InChI=1S/C14H20N4O/c19-14-17-13(12-5-1-2-7-16-12)10-18(14)9-11-4-3-6-15-8-11/h1-2,5,7,11,13,15H,3-4,6,8-10H2,(H,17,19). The number of carbonyl (C=O) groups excluding carboxylic acids is 1. The molecule has 0 spiro atoms.